The predicted molar refractivity (Wildman–Crippen MR) is 76.8 cm³/mol. The summed E-state index contributed by atoms with van der Waals surface area (Å²) in [4.78, 5) is 2.26. The number of hydrogen-bond acceptors (Lipinski definition) is 3. The Morgan fingerprint density at radius 1 is 1.06 bits per heavy atom. The summed E-state index contributed by atoms with van der Waals surface area (Å²) in [6, 6.07) is 4.06. The molecule has 1 N–H and O–H groups in total. The maximum absolute atomic E-state index is 5.50. The number of unbranched alkanes of at least 4 members (excludes halogenated alkanes) is 4. The molecule has 0 amide bonds. The van der Waals surface area contributed by atoms with Gasteiger partial charge in [-0.25, -0.2) is 0 Å². The zero-order valence-electron chi connectivity index (χ0n) is 12.2. The van der Waals surface area contributed by atoms with Crippen LogP contribution in [0.15, 0.2) is 16.5 Å². The summed E-state index contributed by atoms with van der Waals surface area (Å²) in [5.41, 5.74) is 0. The van der Waals surface area contributed by atoms with Crippen molar-refractivity contribution in [2.24, 2.45) is 0 Å². The minimum absolute atomic E-state index is 0.856. The zero-order chi connectivity index (χ0) is 13.2. The summed E-state index contributed by atoms with van der Waals surface area (Å²) >= 11 is 0. The standard InChI is InChI=1S/C15H28N2O/c1-14-9-10-15(18-14)13-16-11-7-5-4-6-8-12-17(2)3/h9-10,16H,4-8,11-13H2,1-3H3. The van der Waals surface area contributed by atoms with Crippen LogP contribution in [0.1, 0.15) is 43.6 Å². The molecule has 1 heterocycles. The van der Waals surface area contributed by atoms with Crippen LogP contribution >= 0.6 is 0 Å². The number of nitrogens with zero attached hydrogens (tertiary/aromatic N) is 1. The van der Waals surface area contributed by atoms with Gasteiger partial charge in [-0.1, -0.05) is 19.3 Å². The van der Waals surface area contributed by atoms with Crippen LogP contribution in [0.4, 0.5) is 0 Å². The molecule has 3 heteroatoms. The van der Waals surface area contributed by atoms with Crippen molar-refractivity contribution < 1.29 is 4.42 Å². The van der Waals surface area contributed by atoms with E-state index in [0.717, 1.165) is 24.6 Å². The summed E-state index contributed by atoms with van der Waals surface area (Å²) in [6.07, 6.45) is 6.64. The molecule has 0 bridgehead atoms. The van der Waals surface area contributed by atoms with Crippen LogP contribution in [0.5, 0.6) is 0 Å². The Morgan fingerprint density at radius 3 is 2.44 bits per heavy atom. The maximum atomic E-state index is 5.50. The van der Waals surface area contributed by atoms with E-state index in [1.165, 1.54) is 38.6 Å². The number of furan rings is 1. The van der Waals surface area contributed by atoms with E-state index in [4.69, 9.17) is 4.42 Å². The van der Waals surface area contributed by atoms with Crippen LogP contribution in [0.25, 0.3) is 0 Å². The van der Waals surface area contributed by atoms with Crippen LogP contribution in [-0.2, 0) is 6.54 Å². The molecule has 0 unspecified atom stereocenters. The minimum atomic E-state index is 0.856. The second-order valence-corrected chi connectivity index (χ2v) is 5.26. The fourth-order valence-electron chi connectivity index (χ4n) is 2.00. The largest absolute Gasteiger partial charge is 0.465 e. The Balaban J connectivity index is 1.84. The van der Waals surface area contributed by atoms with Crippen LogP contribution in [0.2, 0.25) is 0 Å². The molecule has 0 fully saturated rings. The van der Waals surface area contributed by atoms with Gasteiger partial charge in [0.15, 0.2) is 0 Å². The molecule has 3 nitrogen and oxygen atoms in total. The Labute approximate surface area is 112 Å². The second-order valence-electron chi connectivity index (χ2n) is 5.26. The van der Waals surface area contributed by atoms with E-state index in [1.54, 1.807) is 0 Å². The van der Waals surface area contributed by atoms with Crippen molar-refractivity contribution in [3.63, 3.8) is 0 Å². The monoisotopic (exact) mass is 252 g/mol. The van der Waals surface area contributed by atoms with E-state index >= 15 is 0 Å². The lowest BCUT2D eigenvalue weighted by molar-refractivity contribution is 0.389. The molecule has 0 aliphatic rings. The van der Waals surface area contributed by atoms with Crippen LogP contribution < -0.4 is 5.32 Å². The molecule has 0 aliphatic heterocycles. The number of hydrogen-bond donors (Lipinski definition) is 1. The van der Waals surface area contributed by atoms with E-state index in [-0.39, 0.29) is 0 Å². The lowest BCUT2D eigenvalue weighted by Gasteiger charge is -2.08. The average molecular weight is 252 g/mol. The highest BCUT2D eigenvalue weighted by molar-refractivity contribution is 5.04. The van der Waals surface area contributed by atoms with Gasteiger partial charge in [-0.2, -0.15) is 0 Å². The third kappa shape index (κ3) is 7.51. The molecule has 18 heavy (non-hydrogen) atoms. The fourth-order valence-corrected chi connectivity index (χ4v) is 2.00. The molecule has 0 atom stereocenters. The van der Waals surface area contributed by atoms with E-state index in [0.29, 0.717) is 0 Å². The number of rotatable bonds is 10. The van der Waals surface area contributed by atoms with Crippen molar-refractivity contribution in [3.8, 4) is 0 Å². The van der Waals surface area contributed by atoms with Gasteiger partial charge in [0.1, 0.15) is 11.5 Å². The first-order valence-electron chi connectivity index (χ1n) is 7.09. The Bertz CT molecular complexity index is 307. The maximum Gasteiger partial charge on any atom is 0.117 e. The number of aryl methyl sites for hydroxylation is 1. The smallest absolute Gasteiger partial charge is 0.117 e. The first-order valence-corrected chi connectivity index (χ1v) is 7.09. The van der Waals surface area contributed by atoms with Crippen molar-refractivity contribution in [2.45, 2.75) is 45.6 Å². The summed E-state index contributed by atoms with van der Waals surface area (Å²) in [7, 11) is 4.28. The molecule has 1 aromatic rings. The number of nitrogens with one attached hydrogen (secondary N) is 1. The molecule has 0 spiro atoms. The topological polar surface area (TPSA) is 28.4 Å². The summed E-state index contributed by atoms with van der Waals surface area (Å²) in [6.45, 7) is 5.15. The highest BCUT2D eigenvalue weighted by Crippen LogP contribution is 2.06. The summed E-state index contributed by atoms with van der Waals surface area (Å²) < 4.78 is 5.50. The highest BCUT2D eigenvalue weighted by atomic mass is 16.3. The van der Waals surface area contributed by atoms with E-state index in [2.05, 4.69) is 24.3 Å². The van der Waals surface area contributed by atoms with Crippen LogP contribution in [0.3, 0.4) is 0 Å². The van der Waals surface area contributed by atoms with Gasteiger partial charge >= 0.3 is 0 Å². The molecule has 0 saturated carbocycles. The zero-order valence-corrected chi connectivity index (χ0v) is 12.2. The Hall–Kier alpha value is -0.800. The molecule has 0 aliphatic carbocycles. The summed E-state index contributed by atoms with van der Waals surface area (Å²) in [5, 5.41) is 3.42. The lowest BCUT2D eigenvalue weighted by atomic mass is 10.1. The van der Waals surface area contributed by atoms with Gasteiger partial charge in [-0.05, 0) is 59.1 Å². The quantitative estimate of drug-likeness (QED) is 0.648. The molecule has 1 rings (SSSR count). The van der Waals surface area contributed by atoms with Gasteiger partial charge in [-0.3, -0.25) is 0 Å². The van der Waals surface area contributed by atoms with Crippen LogP contribution in [-0.4, -0.2) is 32.1 Å². The van der Waals surface area contributed by atoms with Gasteiger partial charge in [0.05, 0.1) is 6.54 Å². The SMILES string of the molecule is Cc1ccc(CNCCCCCCCN(C)C)o1. The van der Waals surface area contributed by atoms with Gasteiger partial charge < -0.3 is 14.6 Å². The molecule has 0 radical (unpaired) electrons. The third-order valence-corrected chi connectivity index (χ3v) is 3.05. The van der Waals surface area contributed by atoms with Gasteiger partial charge in [0, 0.05) is 0 Å². The molecule has 0 saturated heterocycles. The fraction of sp³-hybridized carbons (Fsp3) is 0.733. The Morgan fingerprint density at radius 2 is 1.78 bits per heavy atom. The van der Waals surface area contributed by atoms with E-state index < -0.39 is 0 Å². The first-order chi connectivity index (χ1) is 8.68. The third-order valence-electron chi connectivity index (χ3n) is 3.05. The highest BCUT2D eigenvalue weighted by Gasteiger charge is 1.97. The molecule has 0 aromatic carbocycles. The first kappa shape index (κ1) is 15.3. The Kier molecular flexibility index (Phi) is 7.78. The average Bonchev–Trinajstić information content (AvgIpc) is 2.72. The molecular formula is C15H28N2O. The normalized spacial score (nSPS) is 11.3. The molecule has 1 aromatic heterocycles. The van der Waals surface area contributed by atoms with Crippen molar-refractivity contribution >= 4 is 0 Å². The van der Waals surface area contributed by atoms with Crippen LogP contribution in [0, 0.1) is 6.92 Å². The van der Waals surface area contributed by atoms with Crippen molar-refractivity contribution in [2.75, 3.05) is 27.2 Å². The van der Waals surface area contributed by atoms with Gasteiger partial charge in [-0.15, -0.1) is 0 Å². The molecule has 104 valence electrons. The van der Waals surface area contributed by atoms with Crippen molar-refractivity contribution in [1.82, 2.24) is 10.2 Å². The van der Waals surface area contributed by atoms with Crippen molar-refractivity contribution in [1.29, 1.82) is 0 Å². The lowest BCUT2D eigenvalue weighted by Crippen LogP contribution is -2.14. The van der Waals surface area contributed by atoms with Crippen molar-refractivity contribution in [3.05, 3.63) is 23.7 Å². The second kappa shape index (κ2) is 9.17. The predicted octanol–water partition coefficient (Wildman–Crippen LogP) is 3.19. The summed E-state index contributed by atoms with van der Waals surface area (Å²) in [5.74, 6) is 2.03. The van der Waals surface area contributed by atoms with Gasteiger partial charge in [0.2, 0.25) is 0 Å². The minimum Gasteiger partial charge on any atom is -0.465 e. The van der Waals surface area contributed by atoms with E-state index in [9.17, 15) is 0 Å². The van der Waals surface area contributed by atoms with Gasteiger partial charge in [0.25, 0.3) is 0 Å². The molecular weight excluding hydrogens is 224 g/mol. The van der Waals surface area contributed by atoms with E-state index in [1.807, 2.05) is 19.1 Å².